The second-order valence-corrected chi connectivity index (χ2v) is 2.52. The number of carbonyl (C=O) groups is 1. The third-order valence-electron chi connectivity index (χ3n) is 1.25. The lowest BCUT2D eigenvalue weighted by molar-refractivity contribution is 0.219. The lowest BCUT2D eigenvalue weighted by Crippen LogP contribution is -2.38. The fourth-order valence-electron chi connectivity index (χ4n) is 0.585. The monoisotopic (exact) mass is 181 g/mol. The molecule has 6 heteroatoms. The van der Waals surface area contributed by atoms with Gasteiger partial charge in [-0.1, -0.05) is 0 Å². The van der Waals surface area contributed by atoms with Crippen molar-refractivity contribution in [3.63, 3.8) is 0 Å². The minimum absolute atomic E-state index is 0.257. The van der Waals surface area contributed by atoms with Crippen molar-refractivity contribution in [2.24, 2.45) is 0 Å². The molecule has 2 amide bonds. The summed E-state index contributed by atoms with van der Waals surface area (Å²) in [6, 6.07) is 1.44. The Morgan fingerprint density at radius 1 is 1.38 bits per heavy atom. The zero-order chi connectivity index (χ0) is 9.68. The summed E-state index contributed by atoms with van der Waals surface area (Å²) in [5, 5.41) is 0. The molecule has 1 heterocycles. The van der Waals surface area contributed by atoms with Crippen molar-refractivity contribution in [2.45, 2.75) is 0 Å². The van der Waals surface area contributed by atoms with Crippen molar-refractivity contribution in [1.29, 1.82) is 0 Å². The largest absolute Gasteiger partial charge is 0.335 e. The number of aromatic nitrogens is 2. The van der Waals surface area contributed by atoms with Crippen molar-refractivity contribution < 1.29 is 4.79 Å². The summed E-state index contributed by atoms with van der Waals surface area (Å²) in [7, 11) is 3.28. The van der Waals surface area contributed by atoms with E-state index in [1.165, 1.54) is 4.90 Å². The summed E-state index contributed by atoms with van der Waals surface area (Å²) < 4.78 is 0. The molecule has 13 heavy (non-hydrogen) atoms. The number of amides is 2. The van der Waals surface area contributed by atoms with Crippen molar-refractivity contribution in [3.05, 3.63) is 18.5 Å². The fourth-order valence-corrected chi connectivity index (χ4v) is 0.585. The smallest absolute Gasteiger partial charge is 0.330 e. The Balaban J connectivity index is 2.40. The Bertz CT molecular complexity index is 273. The number of carbonyl (C=O) groups excluding carboxylic acids is 1. The second-order valence-electron chi connectivity index (χ2n) is 2.52. The van der Waals surface area contributed by atoms with Crippen LogP contribution in [0.4, 0.5) is 10.7 Å². The zero-order valence-corrected chi connectivity index (χ0v) is 7.48. The number of nitrogens with zero attached hydrogens (tertiary/aromatic N) is 3. The molecular weight excluding hydrogens is 170 g/mol. The summed E-state index contributed by atoms with van der Waals surface area (Å²) in [5.41, 5.74) is 4.97. The van der Waals surface area contributed by atoms with Gasteiger partial charge in [-0.2, -0.15) is 0 Å². The summed E-state index contributed by atoms with van der Waals surface area (Å²) >= 11 is 0. The number of hydrazine groups is 1. The van der Waals surface area contributed by atoms with Crippen LogP contribution in [-0.2, 0) is 0 Å². The minimum atomic E-state index is -0.257. The Labute approximate surface area is 76.0 Å². The first-order valence-electron chi connectivity index (χ1n) is 3.70. The van der Waals surface area contributed by atoms with Crippen LogP contribution in [0.25, 0.3) is 0 Å². The van der Waals surface area contributed by atoms with Gasteiger partial charge in [-0.25, -0.2) is 20.2 Å². The van der Waals surface area contributed by atoms with Crippen LogP contribution in [0.1, 0.15) is 0 Å². The normalized spacial score (nSPS) is 9.08. The van der Waals surface area contributed by atoms with E-state index in [0.717, 1.165) is 0 Å². The first-order valence-corrected chi connectivity index (χ1v) is 3.70. The third kappa shape index (κ3) is 2.94. The van der Waals surface area contributed by atoms with E-state index in [0.29, 0.717) is 5.95 Å². The molecule has 0 saturated heterocycles. The lowest BCUT2D eigenvalue weighted by Gasteiger charge is -2.11. The lowest BCUT2D eigenvalue weighted by atomic mass is 10.7. The molecular formula is C7H11N5O. The molecule has 0 aromatic carbocycles. The second kappa shape index (κ2) is 4.24. The van der Waals surface area contributed by atoms with Gasteiger partial charge in [-0.3, -0.25) is 5.43 Å². The van der Waals surface area contributed by atoms with E-state index in [-0.39, 0.29) is 6.03 Å². The van der Waals surface area contributed by atoms with Crippen LogP contribution in [0.15, 0.2) is 18.5 Å². The quantitative estimate of drug-likeness (QED) is 0.634. The molecule has 1 aromatic rings. The Hall–Kier alpha value is -1.85. The SMILES string of the molecule is CN(C)C(=O)NNc1ncccn1. The first kappa shape index (κ1) is 9.24. The Kier molecular flexibility index (Phi) is 3.02. The van der Waals surface area contributed by atoms with E-state index in [2.05, 4.69) is 20.8 Å². The van der Waals surface area contributed by atoms with Crippen molar-refractivity contribution in [2.75, 3.05) is 19.5 Å². The summed E-state index contributed by atoms with van der Waals surface area (Å²) in [6.07, 6.45) is 3.16. The van der Waals surface area contributed by atoms with Crippen LogP contribution in [0.5, 0.6) is 0 Å². The number of urea groups is 1. The highest BCUT2D eigenvalue weighted by Gasteiger charge is 2.01. The van der Waals surface area contributed by atoms with Crippen LogP contribution in [0, 0.1) is 0 Å². The van der Waals surface area contributed by atoms with Crippen molar-refractivity contribution >= 4 is 12.0 Å². The van der Waals surface area contributed by atoms with Gasteiger partial charge in [0.15, 0.2) is 0 Å². The first-order chi connectivity index (χ1) is 6.20. The van der Waals surface area contributed by atoms with Gasteiger partial charge in [0.25, 0.3) is 0 Å². The van der Waals surface area contributed by atoms with E-state index in [9.17, 15) is 4.79 Å². The molecule has 0 radical (unpaired) electrons. The standard InChI is InChI=1S/C7H11N5O/c1-12(2)7(13)11-10-6-8-4-3-5-9-6/h3-5H,1-2H3,(H,11,13)(H,8,9,10). The average molecular weight is 181 g/mol. The van der Waals surface area contributed by atoms with Gasteiger partial charge in [-0.15, -0.1) is 0 Å². The Morgan fingerprint density at radius 3 is 2.54 bits per heavy atom. The zero-order valence-electron chi connectivity index (χ0n) is 7.48. The molecule has 2 N–H and O–H groups in total. The molecule has 0 unspecified atom stereocenters. The molecule has 0 spiro atoms. The van der Waals surface area contributed by atoms with E-state index in [4.69, 9.17) is 0 Å². The van der Waals surface area contributed by atoms with E-state index < -0.39 is 0 Å². The Morgan fingerprint density at radius 2 is 2.00 bits per heavy atom. The molecule has 0 aliphatic heterocycles. The molecule has 1 rings (SSSR count). The molecule has 0 atom stereocenters. The number of anilines is 1. The molecule has 0 aliphatic carbocycles. The van der Waals surface area contributed by atoms with Gasteiger partial charge < -0.3 is 4.90 Å². The minimum Gasteiger partial charge on any atom is -0.330 e. The number of rotatable bonds is 2. The van der Waals surface area contributed by atoms with Gasteiger partial charge in [-0.05, 0) is 6.07 Å². The van der Waals surface area contributed by atoms with Crippen LogP contribution in [0.2, 0.25) is 0 Å². The van der Waals surface area contributed by atoms with Gasteiger partial charge in [0, 0.05) is 26.5 Å². The van der Waals surface area contributed by atoms with E-state index in [1.54, 1.807) is 32.6 Å². The highest BCUT2D eigenvalue weighted by molar-refractivity contribution is 5.74. The van der Waals surface area contributed by atoms with Crippen molar-refractivity contribution in [3.8, 4) is 0 Å². The summed E-state index contributed by atoms with van der Waals surface area (Å²) in [5.74, 6) is 0.359. The number of hydrogen-bond donors (Lipinski definition) is 2. The summed E-state index contributed by atoms with van der Waals surface area (Å²) in [4.78, 5) is 20.1. The summed E-state index contributed by atoms with van der Waals surface area (Å²) in [6.45, 7) is 0. The van der Waals surface area contributed by atoms with Gasteiger partial charge in [0.2, 0.25) is 5.95 Å². The van der Waals surface area contributed by atoms with E-state index in [1.807, 2.05) is 0 Å². The highest BCUT2D eigenvalue weighted by atomic mass is 16.2. The highest BCUT2D eigenvalue weighted by Crippen LogP contribution is 1.90. The topological polar surface area (TPSA) is 70.2 Å². The maximum Gasteiger partial charge on any atom is 0.335 e. The molecule has 0 aliphatic rings. The average Bonchev–Trinajstić information content (AvgIpc) is 2.15. The maximum atomic E-state index is 11.0. The molecule has 0 bridgehead atoms. The maximum absolute atomic E-state index is 11.0. The van der Waals surface area contributed by atoms with Crippen LogP contribution < -0.4 is 10.9 Å². The predicted octanol–water partition coefficient (Wildman–Crippen LogP) is 0.0747. The van der Waals surface area contributed by atoms with Gasteiger partial charge >= 0.3 is 6.03 Å². The van der Waals surface area contributed by atoms with Crippen LogP contribution in [0.3, 0.4) is 0 Å². The van der Waals surface area contributed by atoms with Crippen LogP contribution in [-0.4, -0.2) is 35.0 Å². The fraction of sp³-hybridized carbons (Fsp3) is 0.286. The van der Waals surface area contributed by atoms with E-state index >= 15 is 0 Å². The molecule has 0 fully saturated rings. The van der Waals surface area contributed by atoms with Crippen molar-refractivity contribution in [1.82, 2.24) is 20.3 Å². The van der Waals surface area contributed by atoms with Gasteiger partial charge in [0.05, 0.1) is 0 Å². The molecule has 70 valence electrons. The van der Waals surface area contributed by atoms with Crippen LogP contribution >= 0.6 is 0 Å². The number of nitrogens with one attached hydrogen (secondary N) is 2. The molecule has 6 nitrogen and oxygen atoms in total. The molecule has 1 aromatic heterocycles. The third-order valence-corrected chi connectivity index (χ3v) is 1.25. The molecule has 0 saturated carbocycles. The number of hydrogen-bond acceptors (Lipinski definition) is 4. The van der Waals surface area contributed by atoms with Gasteiger partial charge in [0.1, 0.15) is 0 Å². The predicted molar refractivity (Wildman–Crippen MR) is 47.9 cm³/mol.